The fourth-order valence-electron chi connectivity index (χ4n) is 2.77. The van der Waals surface area contributed by atoms with Gasteiger partial charge in [-0.1, -0.05) is 18.0 Å². The minimum absolute atomic E-state index is 0.361. The maximum absolute atomic E-state index is 6.28. The van der Waals surface area contributed by atoms with E-state index >= 15 is 0 Å². The Kier molecular flexibility index (Phi) is 3.81. The van der Waals surface area contributed by atoms with Crippen molar-refractivity contribution in [3.63, 3.8) is 0 Å². The third-order valence-electron chi connectivity index (χ3n) is 4.01. The first-order valence-corrected chi connectivity index (χ1v) is 7.04. The Hall–Kier alpha value is -0.980. The Labute approximate surface area is 112 Å². The average molecular weight is 267 g/mol. The highest BCUT2D eigenvalue weighted by atomic mass is 16.5. The molecule has 106 valence electrons. The summed E-state index contributed by atoms with van der Waals surface area (Å²) >= 11 is 0. The van der Waals surface area contributed by atoms with E-state index in [1.165, 1.54) is 0 Å². The van der Waals surface area contributed by atoms with Crippen LogP contribution in [0.2, 0.25) is 0 Å². The fourth-order valence-corrected chi connectivity index (χ4v) is 2.77. The van der Waals surface area contributed by atoms with Crippen LogP contribution in [0.3, 0.4) is 0 Å². The second kappa shape index (κ2) is 5.56. The lowest BCUT2D eigenvalue weighted by atomic mass is 9.99. The molecule has 0 aromatic carbocycles. The van der Waals surface area contributed by atoms with Gasteiger partial charge >= 0.3 is 0 Å². The molecular formula is C13H21N3O3. The van der Waals surface area contributed by atoms with E-state index < -0.39 is 0 Å². The number of ether oxygens (including phenoxy) is 2. The van der Waals surface area contributed by atoms with Crippen LogP contribution in [-0.4, -0.2) is 30.0 Å². The molecule has 1 unspecified atom stereocenters. The maximum Gasteiger partial charge on any atom is 0.252 e. The largest absolute Gasteiger partial charge is 0.381 e. The molecule has 19 heavy (non-hydrogen) atoms. The maximum atomic E-state index is 6.28. The third-order valence-corrected chi connectivity index (χ3v) is 4.01. The van der Waals surface area contributed by atoms with Crippen molar-refractivity contribution in [3.8, 4) is 0 Å². The molecule has 1 atom stereocenters. The SMILES string of the molecule is NC1(c2noc(COCC3CCOC3)n2)CCCC1. The zero-order chi connectivity index (χ0) is 13.1. The van der Waals surface area contributed by atoms with Gasteiger partial charge in [-0.25, -0.2) is 0 Å². The molecule has 2 aliphatic rings. The van der Waals surface area contributed by atoms with Gasteiger partial charge in [0, 0.05) is 12.5 Å². The molecule has 2 heterocycles. The summed E-state index contributed by atoms with van der Waals surface area (Å²) in [6, 6.07) is 0. The number of aromatic nitrogens is 2. The highest BCUT2D eigenvalue weighted by Gasteiger charge is 2.35. The predicted molar refractivity (Wildman–Crippen MR) is 67.2 cm³/mol. The molecule has 1 aliphatic heterocycles. The van der Waals surface area contributed by atoms with Crippen molar-refractivity contribution >= 4 is 0 Å². The normalized spacial score (nSPS) is 26.1. The Morgan fingerprint density at radius 3 is 2.95 bits per heavy atom. The Morgan fingerprint density at radius 2 is 2.21 bits per heavy atom. The number of hydrogen-bond acceptors (Lipinski definition) is 6. The molecule has 1 aromatic rings. The summed E-state index contributed by atoms with van der Waals surface area (Å²) in [5.74, 6) is 1.65. The smallest absolute Gasteiger partial charge is 0.252 e. The molecule has 1 aromatic heterocycles. The van der Waals surface area contributed by atoms with E-state index in [1.54, 1.807) is 0 Å². The summed E-state index contributed by atoms with van der Waals surface area (Å²) in [5.41, 5.74) is 5.89. The summed E-state index contributed by atoms with van der Waals surface area (Å²) in [6.07, 6.45) is 5.22. The Morgan fingerprint density at radius 1 is 1.37 bits per heavy atom. The van der Waals surface area contributed by atoms with Gasteiger partial charge in [-0.2, -0.15) is 4.98 Å². The van der Waals surface area contributed by atoms with Crippen LogP contribution < -0.4 is 5.73 Å². The van der Waals surface area contributed by atoms with Crippen molar-refractivity contribution in [1.82, 2.24) is 10.1 Å². The van der Waals surface area contributed by atoms with Crippen LogP contribution in [0.15, 0.2) is 4.52 Å². The number of hydrogen-bond donors (Lipinski definition) is 1. The van der Waals surface area contributed by atoms with Gasteiger partial charge in [0.25, 0.3) is 5.89 Å². The van der Waals surface area contributed by atoms with Gasteiger partial charge in [-0.05, 0) is 19.3 Å². The van der Waals surface area contributed by atoms with E-state index in [0.29, 0.717) is 30.8 Å². The summed E-state index contributed by atoms with van der Waals surface area (Å²) in [5, 5.41) is 4.00. The number of nitrogens with two attached hydrogens (primary N) is 1. The lowest BCUT2D eigenvalue weighted by molar-refractivity contribution is 0.0634. The Balaban J connectivity index is 1.50. The average Bonchev–Trinajstić information content (AvgIpc) is 3.10. The third kappa shape index (κ3) is 2.96. The van der Waals surface area contributed by atoms with E-state index in [1.807, 2.05) is 0 Å². The molecule has 0 amide bonds. The number of nitrogens with zero attached hydrogens (tertiary/aromatic N) is 2. The van der Waals surface area contributed by atoms with E-state index in [9.17, 15) is 0 Å². The van der Waals surface area contributed by atoms with Crippen LogP contribution in [0.1, 0.15) is 43.8 Å². The number of rotatable bonds is 5. The zero-order valence-corrected chi connectivity index (χ0v) is 11.1. The monoisotopic (exact) mass is 267 g/mol. The Bertz CT molecular complexity index is 409. The van der Waals surface area contributed by atoms with Crippen LogP contribution in [0, 0.1) is 5.92 Å². The first-order valence-electron chi connectivity index (χ1n) is 7.04. The summed E-state index contributed by atoms with van der Waals surface area (Å²) in [6.45, 7) is 2.68. The molecular weight excluding hydrogens is 246 g/mol. The summed E-state index contributed by atoms with van der Waals surface area (Å²) in [4.78, 5) is 4.37. The minimum Gasteiger partial charge on any atom is -0.381 e. The van der Waals surface area contributed by atoms with Gasteiger partial charge in [0.2, 0.25) is 0 Å². The van der Waals surface area contributed by atoms with E-state index in [2.05, 4.69) is 10.1 Å². The van der Waals surface area contributed by atoms with E-state index in [-0.39, 0.29) is 5.54 Å². The van der Waals surface area contributed by atoms with Crippen LogP contribution >= 0.6 is 0 Å². The van der Waals surface area contributed by atoms with Gasteiger partial charge < -0.3 is 19.7 Å². The molecule has 0 bridgehead atoms. The molecule has 1 aliphatic carbocycles. The summed E-state index contributed by atoms with van der Waals surface area (Å²) < 4.78 is 16.1. The summed E-state index contributed by atoms with van der Waals surface area (Å²) in [7, 11) is 0. The van der Waals surface area contributed by atoms with Crippen LogP contribution in [0.5, 0.6) is 0 Å². The first-order chi connectivity index (χ1) is 9.26. The van der Waals surface area contributed by atoms with Crippen molar-refractivity contribution < 1.29 is 14.0 Å². The lowest BCUT2D eigenvalue weighted by Crippen LogP contribution is -2.34. The van der Waals surface area contributed by atoms with Crippen LogP contribution in [-0.2, 0) is 21.6 Å². The van der Waals surface area contributed by atoms with Gasteiger partial charge in [0.15, 0.2) is 5.82 Å². The highest BCUT2D eigenvalue weighted by molar-refractivity contribution is 5.06. The minimum atomic E-state index is -0.388. The molecule has 0 radical (unpaired) electrons. The molecule has 6 heteroatoms. The zero-order valence-electron chi connectivity index (χ0n) is 11.1. The van der Waals surface area contributed by atoms with Gasteiger partial charge in [0.05, 0.1) is 18.8 Å². The van der Waals surface area contributed by atoms with Crippen molar-refractivity contribution in [2.24, 2.45) is 11.7 Å². The molecule has 1 saturated heterocycles. The molecule has 3 rings (SSSR count). The van der Waals surface area contributed by atoms with E-state index in [4.69, 9.17) is 19.7 Å². The fraction of sp³-hybridized carbons (Fsp3) is 0.846. The molecule has 2 N–H and O–H groups in total. The van der Waals surface area contributed by atoms with Gasteiger partial charge in [-0.15, -0.1) is 0 Å². The van der Waals surface area contributed by atoms with E-state index in [0.717, 1.165) is 45.3 Å². The van der Waals surface area contributed by atoms with Crippen molar-refractivity contribution in [2.75, 3.05) is 19.8 Å². The van der Waals surface area contributed by atoms with Crippen LogP contribution in [0.4, 0.5) is 0 Å². The highest BCUT2D eigenvalue weighted by Crippen LogP contribution is 2.34. The quantitative estimate of drug-likeness (QED) is 0.867. The topological polar surface area (TPSA) is 83.4 Å². The van der Waals surface area contributed by atoms with Gasteiger partial charge in [-0.3, -0.25) is 0 Å². The predicted octanol–water partition coefficient (Wildman–Crippen LogP) is 1.35. The molecule has 6 nitrogen and oxygen atoms in total. The standard InChI is InChI=1S/C13H21N3O3/c14-13(4-1-2-5-13)12-15-11(19-16-12)9-18-8-10-3-6-17-7-10/h10H,1-9,14H2. The molecule has 2 fully saturated rings. The van der Waals surface area contributed by atoms with Crippen LogP contribution in [0.25, 0.3) is 0 Å². The molecule has 1 saturated carbocycles. The van der Waals surface area contributed by atoms with Crippen molar-refractivity contribution in [1.29, 1.82) is 0 Å². The van der Waals surface area contributed by atoms with Crippen molar-refractivity contribution in [3.05, 3.63) is 11.7 Å². The second-order valence-corrected chi connectivity index (χ2v) is 5.62. The molecule has 0 spiro atoms. The lowest BCUT2D eigenvalue weighted by Gasteiger charge is -2.17. The van der Waals surface area contributed by atoms with Gasteiger partial charge in [0.1, 0.15) is 6.61 Å². The van der Waals surface area contributed by atoms with Crippen molar-refractivity contribution in [2.45, 2.75) is 44.2 Å². The second-order valence-electron chi connectivity index (χ2n) is 5.62. The first kappa shape index (κ1) is 13.0.